The van der Waals surface area contributed by atoms with E-state index in [1.54, 1.807) is 0 Å². The highest BCUT2D eigenvalue weighted by Crippen LogP contribution is 2.24. The van der Waals surface area contributed by atoms with Crippen molar-refractivity contribution in [3.05, 3.63) is 95.9 Å². The molecule has 0 saturated carbocycles. The van der Waals surface area contributed by atoms with E-state index in [0.717, 1.165) is 29.1 Å². The minimum atomic E-state index is -4.80. The zero-order chi connectivity index (χ0) is 22.0. The molecule has 0 aliphatic rings. The van der Waals surface area contributed by atoms with E-state index in [9.17, 15) is 18.0 Å². The molecule has 0 fully saturated rings. The zero-order valence-electron chi connectivity index (χ0n) is 16.8. The van der Waals surface area contributed by atoms with Gasteiger partial charge in [-0.05, 0) is 24.6 Å². The highest BCUT2D eigenvalue weighted by atomic mass is 19.4. The lowest BCUT2D eigenvalue weighted by Gasteiger charge is -2.10. The van der Waals surface area contributed by atoms with Gasteiger partial charge >= 0.3 is 6.36 Å². The lowest BCUT2D eigenvalue weighted by Crippen LogP contribution is -2.33. The molecule has 4 aromatic rings. The largest absolute Gasteiger partial charge is 0.573 e. The Morgan fingerprint density at radius 2 is 1.84 bits per heavy atom. The maximum Gasteiger partial charge on any atom is 0.573 e. The van der Waals surface area contributed by atoms with Crippen molar-refractivity contribution in [1.29, 1.82) is 0 Å². The number of halogens is 3. The molecule has 2 aromatic heterocycles. The first-order chi connectivity index (χ1) is 14.8. The van der Waals surface area contributed by atoms with Crippen molar-refractivity contribution < 1.29 is 27.3 Å². The molecule has 0 unspecified atom stereocenters. The van der Waals surface area contributed by atoms with Gasteiger partial charge in [0.05, 0.1) is 17.4 Å². The second kappa shape index (κ2) is 8.26. The molecule has 2 heterocycles. The fraction of sp³-hybridized carbons (Fsp3) is 0.167. The highest BCUT2D eigenvalue weighted by molar-refractivity contribution is 5.97. The molecule has 0 radical (unpaired) electrons. The van der Waals surface area contributed by atoms with E-state index in [0.29, 0.717) is 0 Å². The van der Waals surface area contributed by atoms with E-state index in [1.807, 2.05) is 54.3 Å². The van der Waals surface area contributed by atoms with Crippen LogP contribution in [0.4, 0.5) is 13.2 Å². The van der Waals surface area contributed by atoms with E-state index in [-0.39, 0.29) is 17.9 Å². The Hall–Kier alpha value is -3.61. The molecule has 4 nitrogen and oxygen atoms in total. The van der Waals surface area contributed by atoms with Crippen molar-refractivity contribution in [3.63, 3.8) is 0 Å². The topological polar surface area (TPSA) is 35.1 Å². The van der Waals surface area contributed by atoms with Gasteiger partial charge < -0.3 is 9.30 Å². The molecule has 4 rings (SSSR count). The number of ether oxygens (including phenoxy) is 1. The van der Waals surface area contributed by atoms with Gasteiger partial charge in [-0.25, -0.2) is 4.57 Å². The number of pyridine rings is 1. The van der Waals surface area contributed by atoms with E-state index < -0.39 is 12.1 Å². The predicted octanol–water partition coefficient (Wildman–Crippen LogP) is 5.07. The van der Waals surface area contributed by atoms with Gasteiger partial charge in [0.2, 0.25) is 0 Å². The van der Waals surface area contributed by atoms with Crippen LogP contribution in [0.5, 0.6) is 5.75 Å². The molecule has 31 heavy (non-hydrogen) atoms. The molecular weight excluding hydrogens is 405 g/mol. The molecule has 0 aliphatic carbocycles. The van der Waals surface area contributed by atoms with Gasteiger partial charge in [-0.15, -0.1) is 13.2 Å². The van der Waals surface area contributed by atoms with E-state index in [2.05, 4.69) is 21.4 Å². The number of ketones is 1. The number of Topliss-reactive ketones (excluding diaryl/α,β-unsaturated/α-hetero) is 1. The average molecular weight is 425 g/mol. The summed E-state index contributed by atoms with van der Waals surface area (Å²) < 4.78 is 45.2. The monoisotopic (exact) mass is 425 g/mol. The fourth-order valence-electron chi connectivity index (χ4n) is 3.59. The van der Waals surface area contributed by atoms with Crippen LogP contribution in [0.1, 0.15) is 21.5 Å². The highest BCUT2D eigenvalue weighted by Gasteiger charge is 2.31. The number of carbonyl (C=O) groups excluding carboxylic acids is 1. The summed E-state index contributed by atoms with van der Waals surface area (Å²) in [5.74, 6) is -0.709. The maximum atomic E-state index is 12.7. The summed E-state index contributed by atoms with van der Waals surface area (Å²) in [6, 6.07) is 17.2. The van der Waals surface area contributed by atoms with Crippen molar-refractivity contribution in [2.75, 3.05) is 0 Å². The summed E-state index contributed by atoms with van der Waals surface area (Å²) in [7, 11) is 0. The second-order valence-corrected chi connectivity index (χ2v) is 7.34. The van der Waals surface area contributed by atoms with Crippen LogP contribution in [-0.4, -0.2) is 16.7 Å². The lowest BCUT2D eigenvalue weighted by atomic mass is 10.1. The molecule has 7 heteroatoms. The van der Waals surface area contributed by atoms with Crippen LogP contribution in [0.25, 0.3) is 10.9 Å². The normalized spacial score (nSPS) is 11.6. The second-order valence-electron chi connectivity index (χ2n) is 7.34. The number of fused-ring (bicyclic) bond motifs is 1. The first kappa shape index (κ1) is 20.7. The number of hydrogen-bond acceptors (Lipinski definition) is 2. The van der Waals surface area contributed by atoms with Crippen LogP contribution in [0.15, 0.2) is 79.3 Å². The Morgan fingerprint density at radius 3 is 2.58 bits per heavy atom. The summed E-state index contributed by atoms with van der Waals surface area (Å²) in [5.41, 5.74) is 3.24. The summed E-state index contributed by atoms with van der Waals surface area (Å²) in [6.45, 7) is 2.71. The minimum absolute atomic E-state index is 0.0164. The minimum Gasteiger partial charge on any atom is -0.406 e. The Kier molecular flexibility index (Phi) is 5.50. The van der Waals surface area contributed by atoms with Crippen molar-refractivity contribution >= 4 is 16.7 Å². The average Bonchev–Trinajstić information content (AvgIpc) is 3.02. The number of aromatic nitrogens is 2. The Labute approximate surface area is 177 Å². The molecule has 0 N–H and O–H groups in total. The Balaban J connectivity index is 1.56. The number of rotatable bonds is 6. The van der Waals surface area contributed by atoms with Gasteiger partial charge in [0.1, 0.15) is 5.75 Å². The molecule has 0 atom stereocenters. The lowest BCUT2D eigenvalue weighted by molar-refractivity contribution is -0.687. The fourth-order valence-corrected chi connectivity index (χ4v) is 3.59. The summed E-state index contributed by atoms with van der Waals surface area (Å²) in [5, 5.41) is 1.01. The van der Waals surface area contributed by atoms with Crippen LogP contribution >= 0.6 is 0 Å². The van der Waals surface area contributed by atoms with E-state index in [4.69, 9.17) is 0 Å². The third kappa shape index (κ3) is 4.94. The molecule has 0 amide bonds. The third-order valence-electron chi connectivity index (χ3n) is 4.99. The number of nitrogens with zero attached hydrogens (tertiary/aromatic N) is 2. The molecule has 0 saturated heterocycles. The predicted molar refractivity (Wildman–Crippen MR) is 110 cm³/mol. The number of benzene rings is 2. The van der Waals surface area contributed by atoms with Gasteiger partial charge in [0.15, 0.2) is 24.7 Å². The van der Waals surface area contributed by atoms with Crippen LogP contribution < -0.4 is 9.30 Å². The number of hydrogen-bond donors (Lipinski definition) is 0. The molecule has 0 bridgehead atoms. The van der Waals surface area contributed by atoms with E-state index in [1.165, 1.54) is 23.8 Å². The van der Waals surface area contributed by atoms with Crippen molar-refractivity contribution in [2.45, 2.75) is 26.4 Å². The van der Waals surface area contributed by atoms with Gasteiger partial charge in [-0.2, -0.15) is 0 Å². The number of aryl methyl sites for hydroxylation is 1. The maximum absolute atomic E-state index is 12.7. The van der Waals surface area contributed by atoms with Crippen molar-refractivity contribution in [1.82, 2.24) is 4.57 Å². The first-order valence-electron chi connectivity index (χ1n) is 9.70. The molecule has 0 aliphatic heterocycles. The third-order valence-corrected chi connectivity index (χ3v) is 4.99. The standard InChI is InChI=1S/C24H20F3N2O2/c1-17-13-29(16-23(30)19-8-5-9-20(12-19)31-24(25,26)27)22-10-11-28(15-21(17)22)14-18-6-3-2-4-7-18/h2-13,15H,14,16H2,1H3/q+1. The molecule has 0 spiro atoms. The van der Waals surface area contributed by atoms with Gasteiger partial charge in [0.25, 0.3) is 0 Å². The summed E-state index contributed by atoms with van der Waals surface area (Å²) >= 11 is 0. The Bertz CT molecular complexity index is 1230. The first-order valence-corrected chi connectivity index (χ1v) is 9.70. The van der Waals surface area contributed by atoms with Crippen LogP contribution in [0, 0.1) is 6.92 Å². The van der Waals surface area contributed by atoms with Gasteiger partial charge in [0, 0.05) is 23.4 Å². The molecular formula is C24H20F3N2O2+. The summed E-state index contributed by atoms with van der Waals surface area (Å²) in [6.07, 6.45) is 1.07. The van der Waals surface area contributed by atoms with Gasteiger partial charge in [-0.1, -0.05) is 42.5 Å². The number of carbonyl (C=O) groups is 1. The zero-order valence-corrected chi connectivity index (χ0v) is 16.8. The molecule has 2 aromatic carbocycles. The molecule has 158 valence electrons. The van der Waals surface area contributed by atoms with Crippen LogP contribution in [0.2, 0.25) is 0 Å². The number of alkyl halides is 3. The van der Waals surface area contributed by atoms with Crippen LogP contribution in [-0.2, 0) is 13.1 Å². The van der Waals surface area contributed by atoms with E-state index >= 15 is 0 Å². The summed E-state index contributed by atoms with van der Waals surface area (Å²) in [4.78, 5) is 12.7. The smallest absolute Gasteiger partial charge is 0.406 e. The van der Waals surface area contributed by atoms with Gasteiger partial charge in [-0.3, -0.25) is 4.79 Å². The Morgan fingerprint density at radius 1 is 1.06 bits per heavy atom. The quantitative estimate of drug-likeness (QED) is 0.320. The van der Waals surface area contributed by atoms with Crippen molar-refractivity contribution in [3.8, 4) is 5.75 Å². The SMILES string of the molecule is Cc1cn(CC(=O)c2cccc(OC(F)(F)F)c2)c2cc[n+](Cc3ccccc3)cc12. The van der Waals surface area contributed by atoms with Crippen LogP contribution in [0.3, 0.4) is 0 Å². The van der Waals surface area contributed by atoms with Crippen molar-refractivity contribution in [2.24, 2.45) is 0 Å².